The number of phenolic OH excluding ortho intramolecular Hbond substituents is 1. The van der Waals surface area contributed by atoms with Crippen molar-refractivity contribution in [1.82, 2.24) is 52.8 Å². The summed E-state index contributed by atoms with van der Waals surface area (Å²) in [6.45, 7) is 5.74. The van der Waals surface area contributed by atoms with Gasteiger partial charge in [0.1, 0.15) is 66.2 Å². The summed E-state index contributed by atoms with van der Waals surface area (Å²) in [4.78, 5) is 169. The third kappa shape index (κ3) is 23.4. The Hall–Kier alpha value is -9.87. The van der Waals surface area contributed by atoms with Gasteiger partial charge in [-0.3, -0.25) is 52.7 Å². The molecule has 0 aliphatic heterocycles. The molecule has 506 valence electrons. The van der Waals surface area contributed by atoms with E-state index in [4.69, 9.17) is 11.5 Å². The number of carbonyl (C=O) groups excluding carboxylic acids is 10. The fourth-order valence-electron chi connectivity index (χ4n) is 9.93. The van der Waals surface area contributed by atoms with Crippen LogP contribution >= 0.6 is 11.8 Å². The molecule has 11 atom stereocenters. The molecule has 1 heterocycles. The van der Waals surface area contributed by atoms with Crippen molar-refractivity contribution in [3.05, 3.63) is 138 Å². The maximum absolute atomic E-state index is 15.2. The van der Waals surface area contributed by atoms with Crippen molar-refractivity contribution in [1.29, 1.82) is 0 Å². The van der Waals surface area contributed by atoms with Gasteiger partial charge < -0.3 is 84.7 Å². The monoisotopic (exact) mass is 1320 g/mol. The van der Waals surface area contributed by atoms with Crippen molar-refractivity contribution in [2.45, 2.75) is 139 Å². The second-order valence-corrected chi connectivity index (χ2v) is 24.0. The molecule has 29 heteroatoms. The highest BCUT2D eigenvalue weighted by molar-refractivity contribution is 7.98. The predicted molar refractivity (Wildman–Crippen MR) is 348 cm³/mol. The van der Waals surface area contributed by atoms with Gasteiger partial charge >= 0.3 is 11.9 Å². The topological polar surface area (TPSA) is 462 Å². The minimum Gasteiger partial charge on any atom is -0.508 e. The van der Waals surface area contributed by atoms with Crippen molar-refractivity contribution in [2.75, 3.05) is 18.6 Å². The van der Waals surface area contributed by atoms with E-state index in [1.165, 1.54) is 49.9 Å². The number of amides is 10. The van der Waals surface area contributed by atoms with Crippen LogP contribution in [0.1, 0.15) is 75.6 Å². The zero-order valence-corrected chi connectivity index (χ0v) is 53.5. The van der Waals surface area contributed by atoms with Gasteiger partial charge in [0.05, 0.1) is 19.4 Å². The van der Waals surface area contributed by atoms with Crippen LogP contribution in [0.3, 0.4) is 0 Å². The fraction of sp³-hybridized carbons (Fsp3) is 0.415. The number of primary amides is 1. The highest BCUT2D eigenvalue weighted by Gasteiger charge is 2.38. The lowest BCUT2D eigenvalue weighted by atomic mass is 9.96. The molecule has 0 aliphatic rings. The van der Waals surface area contributed by atoms with Crippen LogP contribution < -0.4 is 59.3 Å². The number of nitrogens with one attached hydrogen (secondary N) is 10. The number of rotatable bonds is 38. The Morgan fingerprint density at radius 3 is 1.38 bits per heavy atom. The van der Waals surface area contributed by atoms with Gasteiger partial charge in [-0.25, -0.2) is 4.79 Å². The largest absolute Gasteiger partial charge is 0.508 e. The number of benzene rings is 4. The molecule has 0 saturated carbocycles. The number of carbonyl (C=O) groups is 12. The number of nitrogens with two attached hydrogens (primary N) is 2. The standard InChI is InChI=1S/C65H84N12O16S/c1-6-36(4)55(77-57(84)45(25-26-94-5)69-56(83)43(66)34-78)64(91)75-48(28-38-17-11-8-12-18-38)60(87)73-50(31-52(67)80)62(89)72-49(30-40-33-68-44-20-14-13-19-42(40)44)61(88)71-47(29-39-21-23-41(79)24-22-39)58(85)70-46(27-37-15-9-7-10-16-37)59(86)74-51(32-53(81)82)63(90)76-54(35(2)3)65(92)93/h7-24,33,35-36,43,45-51,54-55,68,78-79H,6,25-32,34,66H2,1-5H3,(H2,67,80)(H,69,83)(H,70,85)(H,71,88)(H,72,89)(H,73,87)(H,74,86)(H,75,91)(H,76,90)(H,77,84)(H,81,82)(H,92,93)/t36-,43-,45-,46-,47-,48-,49-,50-,51-,54-,55-/m0/s1. The van der Waals surface area contributed by atoms with Gasteiger partial charge in [0.15, 0.2) is 0 Å². The van der Waals surface area contributed by atoms with Gasteiger partial charge in [-0.2, -0.15) is 11.8 Å². The van der Waals surface area contributed by atoms with E-state index in [9.17, 15) is 73.2 Å². The van der Waals surface area contributed by atoms with Crippen LogP contribution in [-0.4, -0.2) is 175 Å². The third-order valence-corrected chi connectivity index (χ3v) is 16.1. The summed E-state index contributed by atoms with van der Waals surface area (Å²) in [5, 5.41) is 62.9. The molecule has 1 aromatic heterocycles. The number of carboxylic acid groups (broad SMARTS) is 2. The highest BCUT2D eigenvalue weighted by Crippen LogP contribution is 2.21. The second-order valence-electron chi connectivity index (χ2n) is 23.0. The normalized spacial score (nSPS) is 14.7. The average molecular weight is 1320 g/mol. The molecule has 0 spiro atoms. The van der Waals surface area contributed by atoms with Gasteiger partial charge in [-0.05, 0) is 70.7 Å². The second kappa shape index (κ2) is 37.0. The third-order valence-electron chi connectivity index (χ3n) is 15.4. The minimum absolute atomic E-state index is 0.117. The number of aromatic amines is 1. The number of fused-ring (bicyclic) bond motifs is 1. The first-order valence-electron chi connectivity index (χ1n) is 30.4. The smallest absolute Gasteiger partial charge is 0.326 e. The molecule has 0 aliphatic carbocycles. The lowest BCUT2D eigenvalue weighted by molar-refractivity contribution is -0.144. The zero-order chi connectivity index (χ0) is 69.2. The summed E-state index contributed by atoms with van der Waals surface area (Å²) in [5.41, 5.74) is 13.9. The number of hydrogen-bond acceptors (Lipinski definition) is 16. The number of aromatic hydroxyl groups is 1. The first-order chi connectivity index (χ1) is 44.7. The number of thioether (sulfide) groups is 1. The predicted octanol–water partition coefficient (Wildman–Crippen LogP) is -0.283. The van der Waals surface area contributed by atoms with Crippen LogP contribution in [0.5, 0.6) is 5.75 Å². The average Bonchev–Trinajstić information content (AvgIpc) is 1.56. The van der Waals surface area contributed by atoms with Gasteiger partial charge in [-0.15, -0.1) is 0 Å². The number of aromatic nitrogens is 1. The van der Waals surface area contributed by atoms with Crippen LogP contribution in [-0.2, 0) is 83.2 Å². The molecule has 0 bridgehead atoms. The number of para-hydroxylation sites is 1. The van der Waals surface area contributed by atoms with Crippen LogP contribution in [0.4, 0.5) is 0 Å². The van der Waals surface area contributed by atoms with Gasteiger partial charge in [-0.1, -0.05) is 125 Å². The quantitative estimate of drug-likeness (QED) is 0.0242. The molecule has 5 rings (SSSR count). The molecule has 0 radical (unpaired) electrons. The number of aliphatic carboxylic acids is 2. The zero-order valence-electron chi connectivity index (χ0n) is 52.7. The number of phenols is 1. The summed E-state index contributed by atoms with van der Waals surface area (Å²) in [7, 11) is 0. The molecule has 10 amide bonds. The van der Waals surface area contributed by atoms with Crippen molar-refractivity contribution in [3.8, 4) is 5.75 Å². The molecule has 18 N–H and O–H groups in total. The van der Waals surface area contributed by atoms with E-state index in [2.05, 4.69) is 52.8 Å². The minimum atomic E-state index is -1.85. The Labute approximate surface area is 547 Å². The molecule has 5 aromatic rings. The molecule has 4 aromatic carbocycles. The summed E-state index contributed by atoms with van der Waals surface area (Å²) < 4.78 is 0. The van der Waals surface area contributed by atoms with Crippen LogP contribution in [0.15, 0.2) is 115 Å². The van der Waals surface area contributed by atoms with Crippen molar-refractivity contribution in [3.63, 3.8) is 0 Å². The van der Waals surface area contributed by atoms with E-state index in [1.54, 1.807) is 111 Å². The van der Waals surface area contributed by atoms with Gasteiger partial charge in [0.2, 0.25) is 59.1 Å². The fourth-order valence-corrected chi connectivity index (χ4v) is 10.4. The number of aliphatic hydroxyl groups excluding tert-OH is 1. The summed E-state index contributed by atoms with van der Waals surface area (Å²) >= 11 is 1.39. The lowest BCUT2D eigenvalue weighted by Crippen LogP contribution is -2.62. The Morgan fingerprint density at radius 1 is 0.500 bits per heavy atom. The van der Waals surface area contributed by atoms with Crippen LogP contribution in [0.2, 0.25) is 0 Å². The van der Waals surface area contributed by atoms with E-state index in [-0.39, 0.29) is 37.9 Å². The summed E-state index contributed by atoms with van der Waals surface area (Å²) in [6, 6.07) is 13.6. The first-order valence-corrected chi connectivity index (χ1v) is 31.8. The Kier molecular flexibility index (Phi) is 29.5. The molecular formula is C65H84N12O16S. The Bertz CT molecular complexity index is 3430. The maximum Gasteiger partial charge on any atom is 0.326 e. The Balaban J connectivity index is 1.51. The van der Waals surface area contributed by atoms with E-state index in [1.807, 2.05) is 0 Å². The number of H-pyrrole nitrogens is 1. The van der Waals surface area contributed by atoms with E-state index < -0.39 is 163 Å². The molecule has 0 unspecified atom stereocenters. The molecule has 0 saturated heterocycles. The first kappa shape index (κ1) is 74.9. The lowest BCUT2D eigenvalue weighted by Gasteiger charge is -2.29. The number of carboxylic acids is 2. The molecule has 94 heavy (non-hydrogen) atoms. The van der Waals surface area contributed by atoms with E-state index in [0.29, 0.717) is 45.3 Å². The van der Waals surface area contributed by atoms with E-state index in [0.717, 1.165) is 0 Å². The number of aliphatic hydroxyl groups is 1. The summed E-state index contributed by atoms with van der Waals surface area (Å²) in [6.07, 6.45) is 0.822. The Morgan fingerprint density at radius 2 is 0.915 bits per heavy atom. The highest BCUT2D eigenvalue weighted by atomic mass is 32.2. The molecule has 0 fully saturated rings. The van der Waals surface area contributed by atoms with E-state index >= 15 is 4.79 Å². The molecule has 28 nitrogen and oxygen atoms in total. The van der Waals surface area contributed by atoms with Crippen molar-refractivity contribution in [2.24, 2.45) is 23.3 Å². The van der Waals surface area contributed by atoms with Crippen molar-refractivity contribution < 1.29 is 78.0 Å². The number of hydrogen-bond donors (Lipinski definition) is 16. The van der Waals surface area contributed by atoms with Gasteiger partial charge in [0.25, 0.3) is 0 Å². The van der Waals surface area contributed by atoms with Crippen molar-refractivity contribution >= 4 is 93.7 Å². The van der Waals surface area contributed by atoms with Crippen LogP contribution in [0, 0.1) is 11.8 Å². The van der Waals surface area contributed by atoms with Gasteiger partial charge in [0, 0.05) is 42.8 Å². The van der Waals surface area contributed by atoms with Crippen LogP contribution in [0.25, 0.3) is 10.9 Å². The molecular weight excluding hydrogens is 1240 g/mol. The SMILES string of the molecule is CC[C@H](C)[C@H](NC(=O)[C@H](CCSC)NC(=O)[C@@H](N)CO)C(=O)N[C@@H](Cc1ccccc1)C(=O)N[C@@H](CC(N)=O)C(=O)N[C@@H](Cc1c[nH]c2ccccc12)C(=O)N[C@@H](Cc1ccc(O)cc1)C(=O)N[C@@H](Cc1ccccc1)C(=O)N[C@@H](CC(=O)O)C(=O)N[C@H](C(=O)O)C(C)C. The maximum atomic E-state index is 15.2. The summed E-state index contributed by atoms with van der Waals surface area (Å²) in [5.74, 6) is -13.9.